The molecule has 1 saturated carbocycles. The maximum Gasteiger partial charge on any atom is 0.250 e. The molecule has 1 aliphatic carbocycles. The van der Waals surface area contributed by atoms with Gasteiger partial charge in [0.1, 0.15) is 5.75 Å². The molecule has 2 heterocycles. The molecule has 7 heteroatoms. The number of morpholine rings is 1. The van der Waals surface area contributed by atoms with Crippen molar-refractivity contribution in [2.45, 2.75) is 31.8 Å². The molecule has 0 bridgehead atoms. The summed E-state index contributed by atoms with van der Waals surface area (Å²) in [5.41, 5.74) is 0.762. The van der Waals surface area contributed by atoms with Crippen molar-refractivity contribution >= 4 is 22.8 Å². The zero-order valence-corrected chi connectivity index (χ0v) is 16.0. The summed E-state index contributed by atoms with van der Waals surface area (Å²) in [6.45, 7) is 4.02. The van der Waals surface area contributed by atoms with Crippen molar-refractivity contribution in [3.8, 4) is 5.75 Å². The first-order valence-electron chi connectivity index (χ1n) is 9.97. The lowest BCUT2D eigenvalue weighted by molar-refractivity contribution is -0.112. The highest BCUT2D eigenvalue weighted by Crippen LogP contribution is 2.26. The van der Waals surface area contributed by atoms with E-state index in [1.165, 1.54) is 18.9 Å². The van der Waals surface area contributed by atoms with E-state index in [2.05, 4.69) is 20.2 Å². The first kappa shape index (κ1) is 18.8. The fourth-order valence-electron chi connectivity index (χ4n) is 3.58. The number of anilines is 1. The van der Waals surface area contributed by atoms with Crippen LogP contribution in [0.25, 0.3) is 10.9 Å². The highest BCUT2D eigenvalue weighted by molar-refractivity contribution is 5.98. The predicted octanol–water partition coefficient (Wildman–Crippen LogP) is 2.78. The second kappa shape index (κ2) is 9.12. The number of carbonyl (C=O) groups is 1. The summed E-state index contributed by atoms with van der Waals surface area (Å²) in [5.74, 6) is 0.887. The maximum absolute atomic E-state index is 12.1. The first-order chi connectivity index (χ1) is 13.8. The Hall–Kier alpha value is -2.51. The Labute approximate surface area is 164 Å². The van der Waals surface area contributed by atoms with Crippen LogP contribution in [0.15, 0.2) is 36.5 Å². The monoisotopic (exact) mass is 382 g/mol. The zero-order chi connectivity index (χ0) is 19.2. The van der Waals surface area contributed by atoms with E-state index < -0.39 is 0 Å². The van der Waals surface area contributed by atoms with E-state index in [0.29, 0.717) is 12.1 Å². The minimum Gasteiger partial charge on any atom is -0.490 e. The van der Waals surface area contributed by atoms with Gasteiger partial charge in [0, 0.05) is 43.4 Å². The SMILES string of the molecule is O=C(/C=C/CN1CCOCC1)Nc1ncc2ccc(OC3CCCC3)cc2n1. The molecule has 1 saturated heterocycles. The molecule has 2 aromatic rings. The summed E-state index contributed by atoms with van der Waals surface area (Å²) in [5, 5.41) is 3.65. The molecule has 1 N–H and O–H groups in total. The van der Waals surface area contributed by atoms with Crippen molar-refractivity contribution in [1.29, 1.82) is 0 Å². The standard InChI is InChI=1S/C21H26N4O3/c26-20(6-3-9-25-10-12-27-13-11-25)24-21-22-15-16-7-8-18(14-19(16)23-21)28-17-4-1-2-5-17/h3,6-8,14-15,17H,1-2,4-5,9-13H2,(H,22,23,24,26)/b6-3+. The second-order valence-electron chi connectivity index (χ2n) is 7.24. The molecule has 2 fully saturated rings. The minimum atomic E-state index is -0.231. The molecular weight excluding hydrogens is 356 g/mol. The number of hydrogen-bond acceptors (Lipinski definition) is 6. The molecule has 7 nitrogen and oxygen atoms in total. The van der Waals surface area contributed by atoms with Gasteiger partial charge in [-0.25, -0.2) is 9.97 Å². The second-order valence-corrected chi connectivity index (χ2v) is 7.24. The van der Waals surface area contributed by atoms with Crippen molar-refractivity contribution < 1.29 is 14.3 Å². The fraction of sp³-hybridized carbons (Fsp3) is 0.476. The number of hydrogen-bond donors (Lipinski definition) is 1. The molecule has 1 aromatic carbocycles. The van der Waals surface area contributed by atoms with E-state index in [9.17, 15) is 4.79 Å². The summed E-state index contributed by atoms with van der Waals surface area (Å²) in [7, 11) is 0. The summed E-state index contributed by atoms with van der Waals surface area (Å²) in [4.78, 5) is 23.1. The van der Waals surface area contributed by atoms with Crippen LogP contribution in [-0.4, -0.2) is 59.7 Å². The van der Waals surface area contributed by atoms with Gasteiger partial charge in [-0.15, -0.1) is 0 Å². The van der Waals surface area contributed by atoms with Crippen molar-refractivity contribution in [1.82, 2.24) is 14.9 Å². The Morgan fingerprint density at radius 3 is 2.93 bits per heavy atom. The van der Waals surface area contributed by atoms with Gasteiger partial charge in [-0.3, -0.25) is 15.0 Å². The molecule has 0 spiro atoms. The Bertz CT molecular complexity index is 843. The molecular formula is C21H26N4O3. The van der Waals surface area contributed by atoms with Crippen LogP contribution in [0.1, 0.15) is 25.7 Å². The van der Waals surface area contributed by atoms with Gasteiger partial charge in [-0.2, -0.15) is 0 Å². The van der Waals surface area contributed by atoms with E-state index in [1.807, 2.05) is 24.3 Å². The van der Waals surface area contributed by atoms with Crippen molar-refractivity contribution in [2.24, 2.45) is 0 Å². The van der Waals surface area contributed by atoms with Gasteiger partial charge in [-0.1, -0.05) is 6.08 Å². The van der Waals surface area contributed by atoms with Gasteiger partial charge < -0.3 is 9.47 Å². The molecule has 0 atom stereocenters. The lowest BCUT2D eigenvalue weighted by Gasteiger charge is -2.24. The molecule has 1 amide bonds. The summed E-state index contributed by atoms with van der Waals surface area (Å²) in [6.07, 6.45) is 10.1. The molecule has 1 aromatic heterocycles. The van der Waals surface area contributed by atoms with Crippen LogP contribution in [0, 0.1) is 0 Å². The fourth-order valence-corrected chi connectivity index (χ4v) is 3.58. The van der Waals surface area contributed by atoms with Crippen LogP contribution in [0.3, 0.4) is 0 Å². The lowest BCUT2D eigenvalue weighted by atomic mass is 10.2. The number of nitrogens with one attached hydrogen (secondary N) is 1. The third-order valence-corrected chi connectivity index (χ3v) is 5.13. The smallest absolute Gasteiger partial charge is 0.250 e. The number of benzene rings is 1. The van der Waals surface area contributed by atoms with Gasteiger partial charge >= 0.3 is 0 Å². The van der Waals surface area contributed by atoms with Crippen LogP contribution in [0.4, 0.5) is 5.95 Å². The normalized spacial score (nSPS) is 18.7. The van der Waals surface area contributed by atoms with Gasteiger partial charge in [0.25, 0.3) is 0 Å². The van der Waals surface area contributed by atoms with Crippen LogP contribution >= 0.6 is 0 Å². The van der Waals surface area contributed by atoms with E-state index in [-0.39, 0.29) is 5.91 Å². The van der Waals surface area contributed by atoms with Crippen LogP contribution in [-0.2, 0) is 9.53 Å². The number of rotatable bonds is 6. The third kappa shape index (κ3) is 5.05. The zero-order valence-electron chi connectivity index (χ0n) is 16.0. The maximum atomic E-state index is 12.1. The third-order valence-electron chi connectivity index (χ3n) is 5.13. The number of ether oxygens (including phenoxy) is 2. The Morgan fingerprint density at radius 1 is 1.29 bits per heavy atom. The number of carbonyl (C=O) groups excluding carboxylic acids is 1. The Morgan fingerprint density at radius 2 is 2.11 bits per heavy atom. The van der Waals surface area contributed by atoms with Crippen LogP contribution < -0.4 is 10.1 Å². The van der Waals surface area contributed by atoms with Crippen molar-refractivity contribution in [3.05, 3.63) is 36.5 Å². The van der Waals surface area contributed by atoms with Crippen molar-refractivity contribution in [2.75, 3.05) is 38.2 Å². The average molecular weight is 382 g/mol. The van der Waals surface area contributed by atoms with Crippen LogP contribution in [0.5, 0.6) is 5.75 Å². The minimum absolute atomic E-state index is 0.231. The molecule has 148 valence electrons. The number of amides is 1. The highest BCUT2D eigenvalue weighted by atomic mass is 16.5. The largest absolute Gasteiger partial charge is 0.490 e. The molecule has 28 heavy (non-hydrogen) atoms. The van der Waals surface area contributed by atoms with Crippen LogP contribution in [0.2, 0.25) is 0 Å². The topological polar surface area (TPSA) is 76.6 Å². The van der Waals surface area contributed by atoms with Crippen molar-refractivity contribution in [3.63, 3.8) is 0 Å². The summed E-state index contributed by atoms with van der Waals surface area (Å²) < 4.78 is 11.4. The van der Waals surface area contributed by atoms with E-state index in [1.54, 1.807) is 6.20 Å². The van der Waals surface area contributed by atoms with Gasteiger partial charge in [0.05, 0.1) is 24.8 Å². The number of aromatic nitrogens is 2. The molecule has 0 unspecified atom stereocenters. The lowest BCUT2D eigenvalue weighted by Crippen LogP contribution is -2.36. The van der Waals surface area contributed by atoms with Gasteiger partial charge in [0.15, 0.2) is 0 Å². The predicted molar refractivity (Wildman–Crippen MR) is 107 cm³/mol. The Balaban J connectivity index is 1.36. The quantitative estimate of drug-likeness (QED) is 0.774. The van der Waals surface area contributed by atoms with Gasteiger partial charge in [0.2, 0.25) is 11.9 Å². The number of nitrogens with zero attached hydrogens (tertiary/aromatic N) is 3. The number of fused-ring (bicyclic) bond motifs is 1. The summed E-state index contributed by atoms with van der Waals surface area (Å²) in [6, 6.07) is 5.82. The molecule has 1 aliphatic heterocycles. The van der Waals surface area contributed by atoms with E-state index >= 15 is 0 Å². The van der Waals surface area contributed by atoms with E-state index in [0.717, 1.165) is 62.3 Å². The highest BCUT2D eigenvalue weighted by Gasteiger charge is 2.16. The van der Waals surface area contributed by atoms with E-state index in [4.69, 9.17) is 9.47 Å². The van der Waals surface area contributed by atoms with Gasteiger partial charge in [-0.05, 0) is 37.8 Å². The molecule has 2 aliphatic rings. The molecule has 0 radical (unpaired) electrons. The summed E-state index contributed by atoms with van der Waals surface area (Å²) >= 11 is 0. The molecule has 4 rings (SSSR count). The first-order valence-corrected chi connectivity index (χ1v) is 9.97. The average Bonchev–Trinajstić information content (AvgIpc) is 3.21. The Kier molecular flexibility index (Phi) is 6.14.